The summed E-state index contributed by atoms with van der Waals surface area (Å²) in [4.78, 5) is 44.1. The Morgan fingerprint density at radius 2 is 1.04 bits per heavy atom. The first kappa shape index (κ1) is 26.0. The second kappa shape index (κ2) is 12.6. The Labute approximate surface area is 151 Å². The van der Waals surface area contributed by atoms with Crippen molar-refractivity contribution in [3.8, 4) is 0 Å². The van der Waals surface area contributed by atoms with Gasteiger partial charge in [-0.25, -0.2) is 0 Å². The number of carboxylic acids is 2. The molecule has 0 heterocycles. The average Bonchev–Trinajstić information content (AvgIpc) is 2.50. The van der Waals surface area contributed by atoms with Crippen LogP contribution in [-0.2, 0) is 19.2 Å². The Morgan fingerprint density at radius 1 is 0.826 bits per heavy atom. The molecular formula is C14H20MgN2O6. The zero-order valence-electron chi connectivity index (χ0n) is 13.8. The molecule has 0 aromatic rings. The van der Waals surface area contributed by atoms with Gasteiger partial charge in [0, 0.05) is 14.1 Å². The van der Waals surface area contributed by atoms with E-state index in [1.807, 2.05) is 0 Å². The molecule has 2 atom stereocenters. The van der Waals surface area contributed by atoms with Crippen molar-refractivity contribution in [1.29, 1.82) is 0 Å². The number of carboxylic acid groups (broad SMARTS) is 2. The van der Waals surface area contributed by atoms with Crippen LogP contribution in [0.4, 0.5) is 0 Å². The molecule has 23 heavy (non-hydrogen) atoms. The number of rotatable bonds is 6. The Bertz CT molecular complexity index is 424. The van der Waals surface area contributed by atoms with Crippen LogP contribution in [0.2, 0.25) is 0 Å². The van der Waals surface area contributed by atoms with Gasteiger partial charge in [-0.15, -0.1) is 0 Å². The van der Waals surface area contributed by atoms with E-state index in [0.717, 1.165) is 22.0 Å². The number of amides is 2. The maximum Gasteiger partial charge on any atom is 2.00 e. The second-order valence-electron chi connectivity index (χ2n) is 4.30. The largest absolute Gasteiger partial charge is 2.00 e. The molecule has 2 amide bonds. The van der Waals surface area contributed by atoms with Gasteiger partial charge in [-0.05, 0) is 26.0 Å². The molecule has 0 N–H and O–H groups in total. The summed E-state index contributed by atoms with van der Waals surface area (Å²) in [7, 11) is 2.76. The molecule has 0 aliphatic carbocycles. The van der Waals surface area contributed by atoms with E-state index in [4.69, 9.17) is 0 Å². The van der Waals surface area contributed by atoms with Crippen molar-refractivity contribution in [1.82, 2.24) is 9.80 Å². The second-order valence-corrected chi connectivity index (χ2v) is 4.30. The smallest absolute Gasteiger partial charge is 0.548 e. The number of carbonyl (C=O) groups excluding carboxylic acids is 4. The number of carbonyl (C=O) groups is 4. The van der Waals surface area contributed by atoms with Crippen molar-refractivity contribution in [3.63, 3.8) is 0 Å². The maximum atomic E-state index is 10.8. The van der Waals surface area contributed by atoms with E-state index >= 15 is 0 Å². The minimum absolute atomic E-state index is 0. The van der Waals surface area contributed by atoms with E-state index in [2.05, 4.69) is 13.2 Å². The van der Waals surface area contributed by atoms with Crippen molar-refractivity contribution >= 4 is 46.8 Å². The normalized spacial score (nSPS) is 11.3. The van der Waals surface area contributed by atoms with Gasteiger partial charge in [-0.3, -0.25) is 9.59 Å². The van der Waals surface area contributed by atoms with Crippen LogP contribution >= 0.6 is 0 Å². The molecule has 0 aromatic heterocycles. The van der Waals surface area contributed by atoms with Crippen LogP contribution in [0.15, 0.2) is 25.3 Å². The zero-order valence-corrected chi connectivity index (χ0v) is 15.2. The molecule has 0 rings (SSSR count). The predicted molar refractivity (Wildman–Crippen MR) is 80.6 cm³/mol. The van der Waals surface area contributed by atoms with Gasteiger partial charge in [0.2, 0.25) is 11.8 Å². The fraction of sp³-hybridized carbons (Fsp3) is 0.429. The fourth-order valence-corrected chi connectivity index (χ4v) is 0.986. The molecule has 8 nitrogen and oxygen atoms in total. The molecule has 0 aliphatic heterocycles. The van der Waals surface area contributed by atoms with Crippen LogP contribution in [0.5, 0.6) is 0 Å². The number of aliphatic carboxylic acids is 2. The first-order chi connectivity index (χ1) is 10.0. The summed E-state index contributed by atoms with van der Waals surface area (Å²) in [6.07, 6.45) is 2.11. The summed E-state index contributed by atoms with van der Waals surface area (Å²) in [5.41, 5.74) is 0. The summed E-state index contributed by atoms with van der Waals surface area (Å²) >= 11 is 0. The molecule has 0 saturated heterocycles. The van der Waals surface area contributed by atoms with Crippen LogP contribution in [0.3, 0.4) is 0 Å². The van der Waals surface area contributed by atoms with Gasteiger partial charge in [0.25, 0.3) is 0 Å². The van der Waals surface area contributed by atoms with Crippen LogP contribution in [0.25, 0.3) is 0 Å². The predicted octanol–water partition coefficient (Wildman–Crippen LogP) is -2.84. The molecule has 0 spiro atoms. The van der Waals surface area contributed by atoms with Crippen molar-refractivity contribution in [2.24, 2.45) is 0 Å². The van der Waals surface area contributed by atoms with Gasteiger partial charge in [-0.1, -0.05) is 13.2 Å². The summed E-state index contributed by atoms with van der Waals surface area (Å²) in [6.45, 7) is 9.18. The first-order valence-electron chi connectivity index (χ1n) is 6.21. The van der Waals surface area contributed by atoms with Crippen molar-refractivity contribution in [2.45, 2.75) is 25.9 Å². The Morgan fingerprint density at radius 3 is 1.17 bits per heavy atom. The molecule has 0 radical (unpaired) electrons. The van der Waals surface area contributed by atoms with E-state index in [1.165, 1.54) is 27.9 Å². The summed E-state index contributed by atoms with van der Waals surface area (Å²) in [5, 5.41) is 20.4. The third-order valence-electron chi connectivity index (χ3n) is 2.89. The maximum absolute atomic E-state index is 10.8. The van der Waals surface area contributed by atoms with Gasteiger partial charge in [0.15, 0.2) is 0 Å². The zero-order chi connectivity index (χ0) is 18.0. The van der Waals surface area contributed by atoms with E-state index in [1.54, 1.807) is 0 Å². The monoisotopic (exact) mass is 336 g/mol. The van der Waals surface area contributed by atoms with Crippen LogP contribution in [0.1, 0.15) is 13.8 Å². The number of likely N-dealkylation sites (N-methyl/N-ethyl adjacent to an activating group) is 2. The third kappa shape index (κ3) is 9.69. The van der Waals surface area contributed by atoms with Gasteiger partial charge in [0.05, 0.1) is 24.0 Å². The topological polar surface area (TPSA) is 121 Å². The van der Waals surface area contributed by atoms with Crippen LogP contribution in [-0.4, -0.2) is 82.8 Å². The number of hydrogen-bond acceptors (Lipinski definition) is 6. The van der Waals surface area contributed by atoms with Gasteiger partial charge in [0.1, 0.15) is 0 Å². The average molecular weight is 337 g/mol. The van der Waals surface area contributed by atoms with Gasteiger partial charge in [-0.2, -0.15) is 0 Å². The van der Waals surface area contributed by atoms with E-state index in [-0.39, 0.29) is 23.1 Å². The van der Waals surface area contributed by atoms with E-state index in [9.17, 15) is 29.4 Å². The number of hydrogen-bond donors (Lipinski definition) is 0. The summed E-state index contributed by atoms with van der Waals surface area (Å²) < 4.78 is 0. The SMILES string of the molecule is C=CC(=O)N(C)[C@@H](C)C(=O)[O-].C=CC(=O)N(C)[C@@H](C)C(=O)[O-].[Mg+2]. The third-order valence-corrected chi connectivity index (χ3v) is 2.89. The molecular weight excluding hydrogens is 316 g/mol. The van der Waals surface area contributed by atoms with Crippen LogP contribution < -0.4 is 10.2 Å². The molecule has 0 unspecified atom stereocenters. The minimum Gasteiger partial charge on any atom is -0.548 e. The van der Waals surface area contributed by atoms with Crippen molar-refractivity contribution < 1.29 is 29.4 Å². The summed E-state index contributed by atoms with van der Waals surface area (Å²) in [5.74, 6) is -3.41. The standard InChI is InChI=1S/2C7H11NO3.Mg/c2*1-4-6(9)8(3)5(2)7(10)11;/h2*4-5H,1H2,2-3H3,(H,10,11);/q;;+2/p-2/t2*5-;/m00./s1. The minimum atomic E-state index is -1.28. The van der Waals surface area contributed by atoms with Gasteiger partial charge < -0.3 is 29.6 Å². The fourth-order valence-electron chi connectivity index (χ4n) is 0.986. The Balaban J connectivity index is -0.000000333. The molecule has 9 heteroatoms. The molecule has 0 saturated carbocycles. The Hall–Kier alpha value is -1.87. The van der Waals surface area contributed by atoms with E-state index in [0.29, 0.717) is 0 Å². The first-order valence-corrected chi connectivity index (χ1v) is 6.21. The van der Waals surface area contributed by atoms with Crippen LogP contribution in [0, 0.1) is 0 Å². The van der Waals surface area contributed by atoms with E-state index < -0.39 is 35.8 Å². The van der Waals surface area contributed by atoms with Crippen molar-refractivity contribution in [2.75, 3.05) is 14.1 Å². The quantitative estimate of drug-likeness (QED) is 0.380. The molecule has 0 fully saturated rings. The molecule has 0 bridgehead atoms. The molecule has 124 valence electrons. The Kier molecular flexibility index (Phi) is 14.3. The van der Waals surface area contributed by atoms with Crippen molar-refractivity contribution in [3.05, 3.63) is 25.3 Å². The van der Waals surface area contributed by atoms with Gasteiger partial charge >= 0.3 is 23.1 Å². The number of nitrogens with zero attached hydrogens (tertiary/aromatic N) is 2. The summed E-state index contributed by atoms with van der Waals surface area (Å²) in [6, 6.07) is -1.83. The molecule has 0 aromatic carbocycles. The molecule has 0 aliphatic rings.